The maximum Gasteiger partial charge on any atom is 0.586 e. The lowest BCUT2D eigenvalue weighted by Gasteiger charge is -2.08. The smallest absolute Gasteiger partial charge is 0.395 e. The van der Waals surface area contributed by atoms with Crippen LogP contribution in [0.15, 0.2) is 47.6 Å². The predicted octanol–water partition coefficient (Wildman–Crippen LogP) is 4.33. The fourth-order valence-corrected chi connectivity index (χ4v) is 3.83. The number of hydrogen-bond acceptors (Lipinski definition) is 6. The van der Waals surface area contributed by atoms with Crippen LogP contribution < -0.4 is 14.8 Å². The number of rotatable bonds is 6. The Kier molecular flexibility index (Phi) is 5.33. The van der Waals surface area contributed by atoms with Crippen molar-refractivity contribution < 1.29 is 23.0 Å². The zero-order chi connectivity index (χ0) is 21.3. The summed E-state index contributed by atoms with van der Waals surface area (Å²) in [7, 11) is 0. The number of fused-ring (bicyclic) bond motifs is 1. The molecule has 1 amide bonds. The molecule has 2 aromatic carbocycles. The van der Waals surface area contributed by atoms with Crippen LogP contribution in [0.3, 0.4) is 0 Å². The molecular formula is C20H18F2N4O3S. The summed E-state index contributed by atoms with van der Waals surface area (Å²) in [5.41, 5.74) is 2.41. The highest BCUT2D eigenvalue weighted by Crippen LogP contribution is 2.42. The summed E-state index contributed by atoms with van der Waals surface area (Å²) >= 11 is 1.25. The molecule has 0 atom stereocenters. The van der Waals surface area contributed by atoms with Gasteiger partial charge < -0.3 is 19.4 Å². The van der Waals surface area contributed by atoms with Crippen molar-refractivity contribution in [3.05, 3.63) is 48.0 Å². The Balaban J connectivity index is 1.41. The second-order valence-electron chi connectivity index (χ2n) is 6.59. The van der Waals surface area contributed by atoms with E-state index in [-0.39, 0.29) is 23.2 Å². The minimum atomic E-state index is -3.69. The number of aromatic nitrogens is 3. The zero-order valence-electron chi connectivity index (χ0n) is 16.2. The quantitative estimate of drug-likeness (QED) is 0.585. The number of aryl methyl sites for hydroxylation is 1. The van der Waals surface area contributed by atoms with E-state index >= 15 is 0 Å². The Hall–Kier alpha value is -3.14. The molecule has 2 heterocycles. The zero-order valence-corrected chi connectivity index (χ0v) is 17.0. The van der Waals surface area contributed by atoms with E-state index in [9.17, 15) is 13.6 Å². The molecule has 1 aliphatic heterocycles. The maximum atomic E-state index is 13.1. The molecule has 0 fully saturated rings. The number of amides is 1. The van der Waals surface area contributed by atoms with Crippen molar-refractivity contribution in [3.8, 4) is 22.9 Å². The Morgan fingerprint density at radius 2 is 1.97 bits per heavy atom. The summed E-state index contributed by atoms with van der Waals surface area (Å²) in [6, 6.07) is 12.0. The first-order chi connectivity index (χ1) is 14.3. The first-order valence-corrected chi connectivity index (χ1v) is 10.2. The molecule has 0 saturated carbocycles. The van der Waals surface area contributed by atoms with Crippen LogP contribution in [-0.4, -0.2) is 32.7 Å². The molecule has 10 heteroatoms. The highest BCUT2D eigenvalue weighted by atomic mass is 32.2. The van der Waals surface area contributed by atoms with E-state index in [1.165, 1.54) is 30.0 Å². The van der Waals surface area contributed by atoms with Crippen molar-refractivity contribution in [2.75, 3.05) is 11.1 Å². The second kappa shape index (κ2) is 7.94. The van der Waals surface area contributed by atoms with Gasteiger partial charge in [0, 0.05) is 23.9 Å². The van der Waals surface area contributed by atoms with Crippen LogP contribution in [-0.2, 0) is 11.3 Å². The van der Waals surface area contributed by atoms with Crippen molar-refractivity contribution in [1.29, 1.82) is 0 Å². The summed E-state index contributed by atoms with van der Waals surface area (Å²) in [4.78, 5) is 12.3. The van der Waals surface area contributed by atoms with Gasteiger partial charge in [-0.3, -0.25) is 4.79 Å². The van der Waals surface area contributed by atoms with Gasteiger partial charge in [0.25, 0.3) is 0 Å². The van der Waals surface area contributed by atoms with E-state index in [4.69, 9.17) is 0 Å². The Morgan fingerprint density at radius 3 is 2.73 bits per heavy atom. The van der Waals surface area contributed by atoms with Crippen molar-refractivity contribution in [2.24, 2.45) is 0 Å². The summed E-state index contributed by atoms with van der Waals surface area (Å²) < 4.78 is 36.9. The van der Waals surface area contributed by atoms with Gasteiger partial charge in [-0.1, -0.05) is 35.5 Å². The molecule has 0 aliphatic carbocycles. The van der Waals surface area contributed by atoms with Gasteiger partial charge in [-0.2, -0.15) is 0 Å². The summed E-state index contributed by atoms with van der Waals surface area (Å²) in [6.45, 7) is 4.64. The maximum absolute atomic E-state index is 13.1. The van der Waals surface area contributed by atoms with Crippen LogP contribution >= 0.6 is 11.8 Å². The van der Waals surface area contributed by atoms with E-state index in [1.54, 1.807) is 0 Å². The van der Waals surface area contributed by atoms with E-state index in [2.05, 4.69) is 25.0 Å². The average molecular weight is 432 g/mol. The van der Waals surface area contributed by atoms with E-state index in [1.807, 2.05) is 42.7 Å². The molecule has 4 rings (SSSR count). The molecule has 0 bridgehead atoms. The lowest BCUT2D eigenvalue weighted by atomic mass is 10.1. The molecule has 1 aromatic heterocycles. The molecule has 1 N–H and O–H groups in total. The van der Waals surface area contributed by atoms with Crippen molar-refractivity contribution in [3.63, 3.8) is 0 Å². The van der Waals surface area contributed by atoms with Crippen LogP contribution in [0, 0.1) is 6.92 Å². The third-order valence-electron chi connectivity index (χ3n) is 4.33. The van der Waals surface area contributed by atoms with Gasteiger partial charge in [0.1, 0.15) is 0 Å². The van der Waals surface area contributed by atoms with Gasteiger partial charge in [-0.05, 0) is 32.0 Å². The molecule has 3 aromatic rings. The number of halogens is 2. The van der Waals surface area contributed by atoms with Crippen LogP contribution in [0.4, 0.5) is 14.5 Å². The SMILES string of the molecule is CCn1c(SCC(=O)Nc2ccc3c(c2)OC(F)(F)O3)nnc1-c1cccc(C)c1. The highest BCUT2D eigenvalue weighted by Gasteiger charge is 2.43. The lowest BCUT2D eigenvalue weighted by Crippen LogP contribution is -2.25. The minimum absolute atomic E-state index is 0.0768. The van der Waals surface area contributed by atoms with E-state index in [0.717, 1.165) is 17.0 Å². The number of carbonyl (C=O) groups excluding carboxylic acids is 1. The van der Waals surface area contributed by atoms with Gasteiger partial charge in [-0.25, -0.2) is 0 Å². The number of ether oxygens (including phenoxy) is 2. The first-order valence-electron chi connectivity index (χ1n) is 9.17. The van der Waals surface area contributed by atoms with E-state index < -0.39 is 6.29 Å². The fourth-order valence-electron chi connectivity index (χ4n) is 3.03. The van der Waals surface area contributed by atoms with Crippen LogP contribution in [0.5, 0.6) is 11.5 Å². The van der Waals surface area contributed by atoms with E-state index in [0.29, 0.717) is 17.4 Å². The van der Waals surface area contributed by atoms with Crippen molar-refractivity contribution in [1.82, 2.24) is 14.8 Å². The van der Waals surface area contributed by atoms with Crippen molar-refractivity contribution in [2.45, 2.75) is 31.8 Å². The molecule has 0 saturated heterocycles. The largest absolute Gasteiger partial charge is 0.586 e. The van der Waals surface area contributed by atoms with Gasteiger partial charge in [0.15, 0.2) is 22.5 Å². The number of alkyl halides is 2. The number of anilines is 1. The standard InChI is InChI=1S/C20H18F2N4O3S/c1-3-26-18(13-6-4-5-12(2)9-13)24-25-19(26)30-11-17(27)23-14-7-8-15-16(10-14)29-20(21,22)28-15/h4-10H,3,11H2,1-2H3,(H,23,27). The Morgan fingerprint density at radius 1 is 1.17 bits per heavy atom. The third-order valence-corrected chi connectivity index (χ3v) is 5.29. The fraction of sp³-hybridized carbons (Fsp3) is 0.250. The average Bonchev–Trinajstić information content (AvgIpc) is 3.24. The Labute approximate surface area is 175 Å². The molecule has 1 aliphatic rings. The normalized spacial score (nSPS) is 14.0. The van der Waals surface area contributed by atoms with Gasteiger partial charge in [0.2, 0.25) is 5.91 Å². The van der Waals surface area contributed by atoms with Crippen LogP contribution in [0.25, 0.3) is 11.4 Å². The summed E-state index contributed by atoms with van der Waals surface area (Å²) in [5, 5.41) is 11.8. The molecule has 0 unspecified atom stereocenters. The minimum Gasteiger partial charge on any atom is -0.395 e. The number of hydrogen-bond donors (Lipinski definition) is 1. The van der Waals surface area contributed by atoms with Crippen LogP contribution in [0.2, 0.25) is 0 Å². The summed E-state index contributed by atoms with van der Waals surface area (Å²) in [5.74, 6) is 0.302. The topological polar surface area (TPSA) is 78.3 Å². The molecule has 30 heavy (non-hydrogen) atoms. The number of nitrogens with zero attached hydrogens (tertiary/aromatic N) is 3. The third kappa shape index (κ3) is 4.23. The highest BCUT2D eigenvalue weighted by molar-refractivity contribution is 7.99. The van der Waals surface area contributed by atoms with Gasteiger partial charge >= 0.3 is 6.29 Å². The number of carbonyl (C=O) groups is 1. The van der Waals surface area contributed by atoms with Crippen LogP contribution in [0.1, 0.15) is 12.5 Å². The number of thioether (sulfide) groups is 1. The first kappa shape index (κ1) is 20.1. The molecule has 0 radical (unpaired) electrons. The molecule has 0 spiro atoms. The number of benzene rings is 2. The molecular weight excluding hydrogens is 414 g/mol. The molecule has 7 nitrogen and oxygen atoms in total. The van der Waals surface area contributed by atoms with Gasteiger partial charge in [0.05, 0.1) is 5.75 Å². The second-order valence-corrected chi connectivity index (χ2v) is 7.53. The molecule has 156 valence electrons. The van der Waals surface area contributed by atoms with Crippen molar-refractivity contribution >= 4 is 23.4 Å². The lowest BCUT2D eigenvalue weighted by molar-refractivity contribution is -0.286. The predicted molar refractivity (Wildman–Crippen MR) is 108 cm³/mol. The number of nitrogens with one attached hydrogen (secondary N) is 1. The monoisotopic (exact) mass is 432 g/mol. The van der Waals surface area contributed by atoms with Gasteiger partial charge in [-0.15, -0.1) is 19.0 Å². The Bertz CT molecular complexity index is 1100. The summed E-state index contributed by atoms with van der Waals surface area (Å²) in [6.07, 6.45) is -3.69.